The van der Waals surface area contributed by atoms with Gasteiger partial charge < -0.3 is 15.7 Å². The van der Waals surface area contributed by atoms with Crippen molar-refractivity contribution in [2.24, 2.45) is 5.92 Å². The van der Waals surface area contributed by atoms with Crippen molar-refractivity contribution in [2.75, 3.05) is 11.9 Å². The van der Waals surface area contributed by atoms with Crippen LogP contribution in [0.15, 0.2) is 12.4 Å². The summed E-state index contributed by atoms with van der Waals surface area (Å²) in [5.41, 5.74) is -0.665. The van der Waals surface area contributed by atoms with Crippen molar-refractivity contribution < 1.29 is 18.7 Å². The van der Waals surface area contributed by atoms with Gasteiger partial charge in [-0.15, -0.1) is 0 Å². The molecule has 0 bridgehead atoms. The van der Waals surface area contributed by atoms with Crippen LogP contribution in [-0.4, -0.2) is 39.5 Å². The van der Waals surface area contributed by atoms with Crippen molar-refractivity contribution in [2.45, 2.75) is 52.2 Å². The number of urea groups is 1. The fourth-order valence-electron chi connectivity index (χ4n) is 1.80. The van der Waals surface area contributed by atoms with Gasteiger partial charge in [0, 0.05) is 12.7 Å². The van der Waals surface area contributed by atoms with E-state index in [4.69, 9.17) is 0 Å². The summed E-state index contributed by atoms with van der Waals surface area (Å²) < 4.78 is 25.4. The molecule has 126 valence electrons. The van der Waals surface area contributed by atoms with E-state index in [2.05, 4.69) is 29.6 Å². The van der Waals surface area contributed by atoms with Crippen molar-refractivity contribution in [3.63, 3.8) is 0 Å². The molecule has 1 rings (SSSR count). The van der Waals surface area contributed by atoms with Crippen LogP contribution in [0, 0.1) is 5.92 Å². The number of carbonyl (C=O) groups is 1. The molecule has 0 fully saturated rings. The van der Waals surface area contributed by atoms with E-state index >= 15 is 0 Å². The molecule has 1 atom stereocenters. The van der Waals surface area contributed by atoms with Crippen LogP contribution in [0.25, 0.3) is 0 Å². The third-order valence-corrected chi connectivity index (χ3v) is 3.11. The Morgan fingerprint density at radius 1 is 1.50 bits per heavy atom. The van der Waals surface area contributed by atoms with E-state index in [1.807, 2.05) is 0 Å². The summed E-state index contributed by atoms with van der Waals surface area (Å²) in [6.45, 7) is 5.38. The summed E-state index contributed by atoms with van der Waals surface area (Å²) in [6, 6.07) is -0.513. The number of halogens is 2. The molecular formula is C14H24F2N4O2. The predicted molar refractivity (Wildman–Crippen MR) is 79.9 cm³/mol. The van der Waals surface area contributed by atoms with Crippen molar-refractivity contribution in [1.82, 2.24) is 15.1 Å². The molecule has 8 heteroatoms. The van der Waals surface area contributed by atoms with Crippen LogP contribution in [0.5, 0.6) is 0 Å². The summed E-state index contributed by atoms with van der Waals surface area (Å²) in [5.74, 6) is 0.473. The Balaban J connectivity index is 2.38. The van der Waals surface area contributed by atoms with Gasteiger partial charge in [-0.1, -0.05) is 13.8 Å². The van der Waals surface area contributed by atoms with Gasteiger partial charge in [0.2, 0.25) is 0 Å². The number of nitrogens with one attached hydrogen (secondary N) is 2. The fraction of sp³-hybridized carbons (Fsp3) is 0.714. The molecule has 6 nitrogen and oxygen atoms in total. The van der Waals surface area contributed by atoms with E-state index in [9.17, 15) is 18.7 Å². The zero-order chi connectivity index (χ0) is 16.8. The van der Waals surface area contributed by atoms with Crippen molar-refractivity contribution >= 4 is 11.7 Å². The Morgan fingerprint density at radius 2 is 2.18 bits per heavy atom. The number of carbonyl (C=O) groups excluding carboxylic acids is 1. The molecule has 1 aromatic heterocycles. The first-order valence-electron chi connectivity index (χ1n) is 7.26. The number of anilines is 1. The van der Waals surface area contributed by atoms with Gasteiger partial charge in [-0.05, 0) is 25.7 Å². The Hall–Kier alpha value is -1.70. The van der Waals surface area contributed by atoms with Gasteiger partial charge in [0.05, 0.1) is 17.5 Å². The summed E-state index contributed by atoms with van der Waals surface area (Å²) in [5, 5.41) is 18.9. The lowest BCUT2D eigenvalue weighted by molar-refractivity contribution is 0.0481. The van der Waals surface area contributed by atoms with Gasteiger partial charge in [-0.3, -0.25) is 4.68 Å². The van der Waals surface area contributed by atoms with Crippen LogP contribution in [0.4, 0.5) is 19.3 Å². The van der Waals surface area contributed by atoms with E-state index in [0.29, 0.717) is 18.0 Å². The summed E-state index contributed by atoms with van der Waals surface area (Å²) in [6.07, 6.45) is 1.55. The minimum atomic E-state index is -2.50. The molecule has 0 spiro atoms. The number of amides is 2. The average molecular weight is 318 g/mol. The highest BCUT2D eigenvalue weighted by Crippen LogP contribution is 2.15. The fourth-order valence-corrected chi connectivity index (χ4v) is 1.80. The van der Waals surface area contributed by atoms with E-state index in [1.165, 1.54) is 12.4 Å². The molecule has 22 heavy (non-hydrogen) atoms. The second-order valence-electron chi connectivity index (χ2n) is 6.08. The van der Waals surface area contributed by atoms with Gasteiger partial charge >= 0.3 is 6.03 Å². The first-order valence-corrected chi connectivity index (χ1v) is 7.26. The third kappa shape index (κ3) is 7.35. The first-order chi connectivity index (χ1) is 10.2. The molecule has 0 aromatic carbocycles. The molecule has 0 saturated carbocycles. The molecule has 2 amide bonds. The number of hydrogen-bond acceptors (Lipinski definition) is 3. The van der Waals surface area contributed by atoms with Crippen LogP contribution >= 0.6 is 0 Å². The van der Waals surface area contributed by atoms with Crippen LogP contribution in [0.2, 0.25) is 0 Å². The van der Waals surface area contributed by atoms with Crippen LogP contribution in [0.1, 0.15) is 33.6 Å². The number of hydrogen-bond donors (Lipinski definition) is 3. The van der Waals surface area contributed by atoms with Gasteiger partial charge in [-0.25, -0.2) is 13.6 Å². The number of nitrogens with zero attached hydrogens (tertiary/aromatic N) is 2. The average Bonchev–Trinajstić information content (AvgIpc) is 2.81. The Labute approximate surface area is 128 Å². The van der Waals surface area contributed by atoms with Crippen LogP contribution in [0.3, 0.4) is 0 Å². The van der Waals surface area contributed by atoms with Crippen molar-refractivity contribution in [3.8, 4) is 0 Å². The molecule has 0 aliphatic rings. The second-order valence-corrected chi connectivity index (χ2v) is 6.08. The van der Waals surface area contributed by atoms with Crippen LogP contribution in [-0.2, 0) is 6.54 Å². The number of aliphatic hydroxyl groups is 1. The maximum atomic E-state index is 12.2. The molecule has 0 aliphatic heterocycles. The second kappa shape index (κ2) is 8.07. The highest BCUT2D eigenvalue weighted by molar-refractivity contribution is 5.88. The smallest absolute Gasteiger partial charge is 0.319 e. The lowest BCUT2D eigenvalue weighted by Gasteiger charge is -2.24. The van der Waals surface area contributed by atoms with Crippen LogP contribution < -0.4 is 10.6 Å². The predicted octanol–water partition coefficient (Wildman–Crippen LogP) is 2.46. The monoisotopic (exact) mass is 318 g/mol. The van der Waals surface area contributed by atoms with Gasteiger partial charge in [-0.2, -0.15) is 5.10 Å². The lowest BCUT2D eigenvalue weighted by atomic mass is 9.95. The van der Waals surface area contributed by atoms with E-state index < -0.39 is 24.6 Å². The molecule has 1 aromatic rings. The van der Waals surface area contributed by atoms with E-state index in [0.717, 1.165) is 11.1 Å². The molecule has 0 radical (unpaired) electrons. The summed E-state index contributed by atoms with van der Waals surface area (Å²) >= 11 is 0. The van der Waals surface area contributed by atoms with Gasteiger partial charge in [0.1, 0.15) is 6.54 Å². The maximum Gasteiger partial charge on any atom is 0.319 e. The molecule has 0 saturated heterocycles. The Morgan fingerprint density at radius 3 is 2.77 bits per heavy atom. The quantitative estimate of drug-likeness (QED) is 0.689. The third-order valence-electron chi connectivity index (χ3n) is 3.11. The largest absolute Gasteiger partial charge is 0.388 e. The molecule has 1 unspecified atom stereocenters. The Kier molecular flexibility index (Phi) is 6.73. The Bertz CT molecular complexity index is 475. The number of alkyl halides is 2. The summed E-state index contributed by atoms with van der Waals surface area (Å²) in [7, 11) is 0. The molecule has 1 heterocycles. The van der Waals surface area contributed by atoms with E-state index in [1.54, 1.807) is 6.92 Å². The van der Waals surface area contributed by atoms with Crippen molar-refractivity contribution in [3.05, 3.63) is 12.4 Å². The molecular weight excluding hydrogens is 294 g/mol. The van der Waals surface area contributed by atoms with E-state index in [-0.39, 0.29) is 6.54 Å². The SMILES string of the molecule is CC(C)CCC(C)(O)CNC(=O)Nc1cnn(CC(F)F)c1. The maximum absolute atomic E-state index is 12.2. The highest BCUT2D eigenvalue weighted by atomic mass is 19.3. The first kappa shape index (κ1) is 18.3. The number of rotatable bonds is 8. The summed E-state index contributed by atoms with van der Waals surface area (Å²) in [4.78, 5) is 11.7. The highest BCUT2D eigenvalue weighted by Gasteiger charge is 2.21. The minimum Gasteiger partial charge on any atom is -0.388 e. The standard InChI is InChI=1S/C14H24F2N4O2/c1-10(2)4-5-14(3,22)9-17-13(21)19-11-6-18-20(7-11)8-12(15)16/h6-7,10,12,22H,4-5,8-9H2,1-3H3,(H2,17,19,21). The number of aromatic nitrogens is 2. The zero-order valence-corrected chi connectivity index (χ0v) is 13.1. The lowest BCUT2D eigenvalue weighted by Crippen LogP contribution is -2.42. The van der Waals surface area contributed by atoms with Crippen molar-refractivity contribution in [1.29, 1.82) is 0 Å². The minimum absolute atomic E-state index is 0.108. The molecule has 0 aliphatic carbocycles. The van der Waals surface area contributed by atoms with Gasteiger partial charge in [0.25, 0.3) is 6.43 Å². The normalized spacial score (nSPS) is 14.2. The topological polar surface area (TPSA) is 79.2 Å². The molecule has 3 N–H and O–H groups in total. The zero-order valence-electron chi connectivity index (χ0n) is 13.1. The van der Waals surface area contributed by atoms with Gasteiger partial charge in [0.15, 0.2) is 0 Å².